The van der Waals surface area contributed by atoms with Gasteiger partial charge in [-0.2, -0.15) is 13.2 Å². The molecule has 4 rings (SSSR count). The van der Waals surface area contributed by atoms with Crippen LogP contribution in [0.5, 0.6) is 0 Å². The second-order valence-corrected chi connectivity index (χ2v) is 9.79. The zero-order valence-corrected chi connectivity index (χ0v) is 22.3. The van der Waals surface area contributed by atoms with Crippen LogP contribution in [0.1, 0.15) is 35.0 Å². The topological polar surface area (TPSA) is 106 Å². The van der Waals surface area contributed by atoms with E-state index < -0.39 is 41.3 Å². The van der Waals surface area contributed by atoms with Crippen LogP contribution in [0.2, 0.25) is 5.02 Å². The van der Waals surface area contributed by atoms with Crippen LogP contribution in [-0.2, 0) is 20.5 Å². The van der Waals surface area contributed by atoms with Crippen LogP contribution in [0, 0.1) is 0 Å². The summed E-state index contributed by atoms with van der Waals surface area (Å²) in [5.41, 5.74) is -0.823. The van der Waals surface area contributed by atoms with E-state index >= 15 is 0 Å². The van der Waals surface area contributed by atoms with Crippen molar-refractivity contribution in [3.63, 3.8) is 0 Å². The molecule has 208 valence electrons. The second kappa shape index (κ2) is 12.0. The number of carbonyl (C=O) groups excluding carboxylic acids is 4. The normalized spacial score (nSPS) is 14.6. The highest BCUT2D eigenvalue weighted by molar-refractivity contribution is 8.18. The summed E-state index contributed by atoms with van der Waals surface area (Å²) < 4.78 is 50.7. The second-order valence-electron chi connectivity index (χ2n) is 8.39. The number of rotatable bonds is 8. The molecule has 13 heteroatoms. The Bertz CT molecular complexity index is 1520. The lowest BCUT2D eigenvalue weighted by molar-refractivity contribution is -0.137. The molecule has 0 saturated carbocycles. The van der Waals surface area contributed by atoms with Gasteiger partial charge < -0.3 is 14.5 Å². The summed E-state index contributed by atoms with van der Waals surface area (Å²) in [6.07, 6.45) is -2.77. The minimum Gasteiger partial charge on any atom is -0.462 e. The first-order valence-corrected chi connectivity index (χ1v) is 13.0. The maximum atomic E-state index is 13.4. The molecule has 1 aliphatic heterocycles. The van der Waals surface area contributed by atoms with Gasteiger partial charge in [-0.3, -0.25) is 19.3 Å². The number of amides is 3. The molecule has 0 spiro atoms. The van der Waals surface area contributed by atoms with Crippen molar-refractivity contribution in [3.05, 3.63) is 81.4 Å². The molecule has 8 nitrogen and oxygen atoms in total. The largest absolute Gasteiger partial charge is 0.462 e. The molecule has 2 heterocycles. The Morgan fingerprint density at radius 3 is 2.60 bits per heavy atom. The van der Waals surface area contributed by atoms with Gasteiger partial charge in [-0.05, 0) is 54.6 Å². The highest BCUT2D eigenvalue weighted by Crippen LogP contribution is 2.38. The summed E-state index contributed by atoms with van der Waals surface area (Å²) in [7, 11) is 0. The quantitative estimate of drug-likeness (QED) is 0.225. The lowest BCUT2D eigenvalue weighted by atomic mass is 10.1. The average molecular weight is 593 g/mol. The van der Waals surface area contributed by atoms with Crippen LogP contribution in [0.15, 0.2) is 63.9 Å². The van der Waals surface area contributed by atoms with Crippen molar-refractivity contribution < 1.29 is 41.5 Å². The Morgan fingerprint density at radius 1 is 1.12 bits per heavy atom. The highest BCUT2D eigenvalue weighted by Gasteiger charge is 2.37. The van der Waals surface area contributed by atoms with E-state index in [-0.39, 0.29) is 44.9 Å². The van der Waals surface area contributed by atoms with Gasteiger partial charge in [0.2, 0.25) is 5.91 Å². The first kappa shape index (κ1) is 29.0. The smallest absolute Gasteiger partial charge is 0.417 e. The molecule has 0 aliphatic carbocycles. The number of carbonyl (C=O) groups is 4. The molecule has 0 radical (unpaired) electrons. The Balaban J connectivity index is 1.45. The third kappa shape index (κ3) is 6.57. The Morgan fingerprint density at radius 2 is 1.88 bits per heavy atom. The van der Waals surface area contributed by atoms with Gasteiger partial charge in [0.1, 0.15) is 18.1 Å². The van der Waals surface area contributed by atoms with Crippen molar-refractivity contribution in [2.45, 2.75) is 19.5 Å². The summed E-state index contributed by atoms with van der Waals surface area (Å²) in [6.45, 7) is 1.40. The van der Waals surface area contributed by atoms with E-state index in [1.54, 1.807) is 0 Å². The predicted molar refractivity (Wildman–Crippen MR) is 142 cm³/mol. The fourth-order valence-corrected chi connectivity index (χ4v) is 4.67. The van der Waals surface area contributed by atoms with Crippen molar-refractivity contribution in [2.24, 2.45) is 0 Å². The molecule has 3 aromatic rings. The van der Waals surface area contributed by atoms with Gasteiger partial charge in [0.25, 0.3) is 11.1 Å². The van der Waals surface area contributed by atoms with E-state index in [0.29, 0.717) is 23.1 Å². The maximum Gasteiger partial charge on any atom is 0.417 e. The molecule has 0 atom stereocenters. The third-order valence-corrected chi connectivity index (χ3v) is 6.72. The molecule has 1 fully saturated rings. The number of imide groups is 1. The van der Waals surface area contributed by atoms with E-state index in [4.69, 9.17) is 20.8 Å². The summed E-state index contributed by atoms with van der Waals surface area (Å²) in [5.74, 6) is -2.19. The number of anilines is 1. The number of ether oxygens (including phenoxy) is 1. The van der Waals surface area contributed by atoms with E-state index in [1.807, 2.05) is 6.92 Å². The monoisotopic (exact) mass is 592 g/mol. The van der Waals surface area contributed by atoms with Crippen LogP contribution >= 0.6 is 23.4 Å². The first-order chi connectivity index (χ1) is 19.0. The standard InChI is InChI=1S/C27H20ClF3N2O6S/c1-2-11-38-25(36)18-12-15(7-9-20(18)28)32-23(34)14-33-24(35)22(40-26(33)37)13-16-8-10-21(39-16)17-5-3-4-6-19(17)27(29,30)31/h3-10,12-13H,2,11,14H2,1H3,(H,32,34)/b22-13+. The van der Waals surface area contributed by atoms with Crippen LogP contribution in [0.3, 0.4) is 0 Å². The van der Waals surface area contributed by atoms with Crippen LogP contribution < -0.4 is 5.32 Å². The number of nitrogens with one attached hydrogen (secondary N) is 1. The zero-order valence-electron chi connectivity index (χ0n) is 20.7. The molecule has 1 aromatic heterocycles. The van der Waals surface area contributed by atoms with Crippen molar-refractivity contribution in [3.8, 4) is 11.3 Å². The number of hydrogen-bond acceptors (Lipinski definition) is 7. The highest BCUT2D eigenvalue weighted by atomic mass is 35.5. The van der Waals surface area contributed by atoms with Crippen LogP contribution in [-0.4, -0.2) is 41.1 Å². The fraction of sp³-hybridized carbons (Fsp3) is 0.185. The van der Waals surface area contributed by atoms with Gasteiger partial charge in [0, 0.05) is 17.3 Å². The lowest BCUT2D eigenvalue weighted by Gasteiger charge is -2.13. The number of benzene rings is 2. The Labute approximate surface area is 235 Å². The van der Waals surface area contributed by atoms with Gasteiger partial charge in [-0.25, -0.2) is 4.79 Å². The van der Waals surface area contributed by atoms with E-state index in [2.05, 4.69) is 5.32 Å². The maximum absolute atomic E-state index is 13.4. The number of alkyl halides is 3. The molecule has 1 aliphatic rings. The van der Waals surface area contributed by atoms with Gasteiger partial charge in [0.15, 0.2) is 0 Å². The molecule has 0 bridgehead atoms. The molecule has 0 unspecified atom stereocenters. The molecular weight excluding hydrogens is 573 g/mol. The van der Waals surface area contributed by atoms with Crippen molar-refractivity contribution in [2.75, 3.05) is 18.5 Å². The molecule has 3 amide bonds. The summed E-state index contributed by atoms with van der Waals surface area (Å²) in [5, 5.41) is 1.90. The van der Waals surface area contributed by atoms with Crippen molar-refractivity contribution in [1.82, 2.24) is 4.90 Å². The number of halogens is 4. The fourth-order valence-electron chi connectivity index (χ4n) is 3.66. The SMILES string of the molecule is CCCOC(=O)c1cc(NC(=O)CN2C(=O)S/C(=C/c3ccc(-c4ccccc4C(F)(F)F)o3)C2=O)ccc1Cl. The van der Waals surface area contributed by atoms with E-state index in [1.165, 1.54) is 54.6 Å². The van der Waals surface area contributed by atoms with Gasteiger partial charge in [-0.1, -0.05) is 36.7 Å². The van der Waals surface area contributed by atoms with Gasteiger partial charge in [-0.15, -0.1) is 0 Å². The molecule has 2 aromatic carbocycles. The van der Waals surface area contributed by atoms with E-state index in [0.717, 1.165) is 6.07 Å². The molecule has 1 N–H and O–H groups in total. The Kier molecular flexibility index (Phi) is 8.70. The molecular formula is C27H20ClF3N2O6S. The minimum atomic E-state index is -4.60. The lowest BCUT2D eigenvalue weighted by Crippen LogP contribution is -2.36. The zero-order chi connectivity index (χ0) is 29.0. The summed E-state index contributed by atoms with van der Waals surface area (Å²) >= 11 is 6.60. The number of thioether (sulfide) groups is 1. The number of hydrogen-bond donors (Lipinski definition) is 1. The summed E-state index contributed by atoms with van der Waals surface area (Å²) in [4.78, 5) is 50.7. The minimum absolute atomic E-state index is 0.0395. The van der Waals surface area contributed by atoms with E-state index in [9.17, 15) is 32.3 Å². The molecule has 40 heavy (non-hydrogen) atoms. The van der Waals surface area contributed by atoms with Gasteiger partial charge >= 0.3 is 12.1 Å². The summed E-state index contributed by atoms with van der Waals surface area (Å²) in [6, 6.07) is 11.7. The molecule has 1 saturated heterocycles. The van der Waals surface area contributed by atoms with Crippen molar-refractivity contribution in [1.29, 1.82) is 0 Å². The van der Waals surface area contributed by atoms with Crippen LogP contribution in [0.25, 0.3) is 17.4 Å². The van der Waals surface area contributed by atoms with Crippen LogP contribution in [0.4, 0.5) is 23.7 Å². The predicted octanol–water partition coefficient (Wildman–Crippen LogP) is 6.86. The van der Waals surface area contributed by atoms with Gasteiger partial charge in [0.05, 0.1) is 27.7 Å². The van der Waals surface area contributed by atoms with Crippen molar-refractivity contribution >= 4 is 58.1 Å². The Hall–Kier alpha value is -4.03. The number of nitrogens with zero attached hydrogens (tertiary/aromatic N) is 1. The number of furan rings is 1. The third-order valence-electron chi connectivity index (χ3n) is 5.48. The first-order valence-electron chi connectivity index (χ1n) is 11.8. The average Bonchev–Trinajstić information content (AvgIpc) is 3.48. The number of esters is 1.